The molecular weight excluding hydrogens is 294 g/mol. The van der Waals surface area contributed by atoms with E-state index in [-0.39, 0.29) is 0 Å². The Kier molecular flexibility index (Phi) is 3.95. The summed E-state index contributed by atoms with van der Waals surface area (Å²) in [5.41, 5.74) is 7.56. The standard InChI is InChI=1S/C21H23N3/c1-24(2)14-13-22-20-17-9-5-6-10-19(17)23-21-16-8-4-3-7-15(16)11-12-18(20)21/h3-10H,11-14H2,1-2H3,(H,22,23). The Bertz CT molecular complexity index is 883. The van der Waals surface area contributed by atoms with Crippen LogP contribution in [0.3, 0.4) is 0 Å². The number of para-hydroxylation sites is 1. The van der Waals surface area contributed by atoms with Gasteiger partial charge in [0, 0.05) is 35.3 Å². The molecule has 3 heteroatoms. The van der Waals surface area contributed by atoms with Gasteiger partial charge in [0.15, 0.2) is 0 Å². The van der Waals surface area contributed by atoms with E-state index >= 15 is 0 Å². The number of aryl methyl sites for hydroxylation is 1. The van der Waals surface area contributed by atoms with Crippen molar-refractivity contribution in [1.82, 2.24) is 9.88 Å². The zero-order valence-corrected chi connectivity index (χ0v) is 14.3. The van der Waals surface area contributed by atoms with Crippen LogP contribution >= 0.6 is 0 Å². The van der Waals surface area contributed by atoms with Gasteiger partial charge in [-0.1, -0.05) is 42.5 Å². The predicted molar refractivity (Wildman–Crippen MR) is 102 cm³/mol. The molecule has 1 heterocycles. The van der Waals surface area contributed by atoms with Crippen molar-refractivity contribution in [2.75, 3.05) is 32.5 Å². The number of likely N-dealkylation sites (N-methyl/N-ethyl adjacent to an activating group) is 1. The van der Waals surface area contributed by atoms with E-state index in [0.29, 0.717) is 0 Å². The highest BCUT2D eigenvalue weighted by atomic mass is 15.1. The molecule has 4 rings (SSSR count). The Morgan fingerprint density at radius 3 is 2.67 bits per heavy atom. The largest absolute Gasteiger partial charge is 0.383 e. The molecule has 0 fully saturated rings. The Labute approximate surface area is 143 Å². The number of hydrogen-bond donors (Lipinski definition) is 1. The summed E-state index contributed by atoms with van der Waals surface area (Å²) in [4.78, 5) is 7.22. The van der Waals surface area contributed by atoms with Gasteiger partial charge in [0.1, 0.15) is 0 Å². The van der Waals surface area contributed by atoms with E-state index < -0.39 is 0 Å². The van der Waals surface area contributed by atoms with Crippen molar-refractivity contribution in [2.45, 2.75) is 12.8 Å². The van der Waals surface area contributed by atoms with Crippen molar-refractivity contribution >= 4 is 16.6 Å². The molecule has 0 radical (unpaired) electrons. The molecule has 0 atom stereocenters. The first kappa shape index (κ1) is 15.2. The number of fused-ring (bicyclic) bond motifs is 4. The highest BCUT2D eigenvalue weighted by Gasteiger charge is 2.21. The maximum atomic E-state index is 5.01. The Balaban J connectivity index is 1.87. The lowest BCUT2D eigenvalue weighted by Gasteiger charge is -2.24. The fourth-order valence-electron chi connectivity index (χ4n) is 3.55. The summed E-state index contributed by atoms with van der Waals surface area (Å²) >= 11 is 0. The van der Waals surface area contributed by atoms with Crippen molar-refractivity contribution in [3.8, 4) is 11.3 Å². The average molecular weight is 317 g/mol. The lowest BCUT2D eigenvalue weighted by Crippen LogP contribution is -2.22. The number of hydrogen-bond acceptors (Lipinski definition) is 3. The molecule has 1 aromatic heterocycles. The minimum absolute atomic E-state index is 0.940. The molecule has 0 spiro atoms. The lowest BCUT2D eigenvalue weighted by molar-refractivity contribution is 0.425. The zero-order valence-electron chi connectivity index (χ0n) is 14.3. The van der Waals surface area contributed by atoms with Gasteiger partial charge in [-0.25, -0.2) is 4.98 Å². The van der Waals surface area contributed by atoms with Crippen LogP contribution < -0.4 is 5.32 Å². The number of anilines is 1. The van der Waals surface area contributed by atoms with Gasteiger partial charge in [-0.2, -0.15) is 0 Å². The summed E-state index contributed by atoms with van der Waals surface area (Å²) in [5, 5.41) is 4.93. The minimum atomic E-state index is 0.940. The second-order valence-corrected chi connectivity index (χ2v) is 6.72. The smallest absolute Gasteiger partial charge is 0.0765 e. The number of benzene rings is 2. The van der Waals surface area contributed by atoms with Gasteiger partial charge in [-0.3, -0.25) is 0 Å². The topological polar surface area (TPSA) is 28.2 Å². The molecule has 0 saturated heterocycles. The third kappa shape index (κ3) is 2.65. The molecule has 0 aliphatic heterocycles. The van der Waals surface area contributed by atoms with Crippen molar-refractivity contribution in [3.63, 3.8) is 0 Å². The van der Waals surface area contributed by atoms with Crippen molar-refractivity contribution in [1.29, 1.82) is 0 Å². The van der Waals surface area contributed by atoms with Crippen LogP contribution in [-0.2, 0) is 12.8 Å². The molecule has 2 aromatic carbocycles. The van der Waals surface area contributed by atoms with Crippen LogP contribution in [0, 0.1) is 0 Å². The number of pyridine rings is 1. The first-order valence-corrected chi connectivity index (χ1v) is 8.62. The van der Waals surface area contributed by atoms with Crippen molar-refractivity contribution in [2.24, 2.45) is 0 Å². The number of aromatic nitrogens is 1. The molecule has 1 aliphatic carbocycles. The fourth-order valence-corrected chi connectivity index (χ4v) is 3.55. The van der Waals surface area contributed by atoms with E-state index in [9.17, 15) is 0 Å². The van der Waals surface area contributed by atoms with Gasteiger partial charge in [0.25, 0.3) is 0 Å². The van der Waals surface area contributed by atoms with Crippen LogP contribution in [0.25, 0.3) is 22.2 Å². The van der Waals surface area contributed by atoms with Gasteiger partial charge in [-0.15, -0.1) is 0 Å². The van der Waals surface area contributed by atoms with Crippen LogP contribution in [0.15, 0.2) is 48.5 Å². The first-order chi connectivity index (χ1) is 11.7. The minimum Gasteiger partial charge on any atom is -0.383 e. The second kappa shape index (κ2) is 6.25. The maximum absolute atomic E-state index is 5.01. The molecule has 0 bridgehead atoms. The molecule has 3 aromatic rings. The summed E-state index contributed by atoms with van der Waals surface area (Å²) in [6, 6.07) is 17.1. The molecule has 1 N–H and O–H groups in total. The number of nitrogens with one attached hydrogen (secondary N) is 1. The molecule has 3 nitrogen and oxygen atoms in total. The zero-order chi connectivity index (χ0) is 16.5. The third-order valence-electron chi connectivity index (χ3n) is 4.77. The van der Waals surface area contributed by atoms with Crippen LogP contribution in [0.2, 0.25) is 0 Å². The molecule has 0 unspecified atom stereocenters. The average Bonchev–Trinajstić information content (AvgIpc) is 2.61. The number of nitrogens with zero attached hydrogens (tertiary/aromatic N) is 2. The van der Waals surface area contributed by atoms with E-state index in [1.54, 1.807) is 0 Å². The quantitative estimate of drug-likeness (QED) is 0.789. The predicted octanol–water partition coefficient (Wildman–Crippen LogP) is 3.97. The second-order valence-electron chi connectivity index (χ2n) is 6.72. The van der Waals surface area contributed by atoms with Gasteiger partial charge in [0.05, 0.1) is 11.2 Å². The van der Waals surface area contributed by atoms with E-state index in [2.05, 4.69) is 72.8 Å². The fraction of sp³-hybridized carbons (Fsp3) is 0.286. The van der Waals surface area contributed by atoms with Crippen molar-refractivity contribution < 1.29 is 0 Å². The van der Waals surface area contributed by atoms with E-state index in [0.717, 1.165) is 37.1 Å². The Morgan fingerprint density at radius 1 is 1.00 bits per heavy atom. The summed E-state index contributed by atoms with van der Waals surface area (Å²) in [6.45, 7) is 1.96. The summed E-state index contributed by atoms with van der Waals surface area (Å²) in [6.07, 6.45) is 2.14. The lowest BCUT2D eigenvalue weighted by atomic mass is 9.87. The third-order valence-corrected chi connectivity index (χ3v) is 4.77. The Morgan fingerprint density at radius 2 is 1.79 bits per heavy atom. The molecule has 122 valence electrons. The van der Waals surface area contributed by atoms with Gasteiger partial charge in [-0.05, 0) is 38.6 Å². The summed E-state index contributed by atoms with van der Waals surface area (Å²) < 4.78 is 0. The highest BCUT2D eigenvalue weighted by Crippen LogP contribution is 2.39. The van der Waals surface area contributed by atoms with Gasteiger partial charge >= 0.3 is 0 Å². The molecule has 1 aliphatic rings. The molecular formula is C21H23N3. The summed E-state index contributed by atoms with van der Waals surface area (Å²) in [5.74, 6) is 0. The van der Waals surface area contributed by atoms with E-state index in [1.807, 2.05) is 0 Å². The number of rotatable bonds is 4. The van der Waals surface area contributed by atoms with E-state index in [4.69, 9.17) is 4.98 Å². The molecule has 0 saturated carbocycles. The maximum Gasteiger partial charge on any atom is 0.0765 e. The molecule has 24 heavy (non-hydrogen) atoms. The van der Waals surface area contributed by atoms with E-state index in [1.165, 1.54) is 27.8 Å². The monoisotopic (exact) mass is 317 g/mol. The first-order valence-electron chi connectivity index (χ1n) is 8.62. The Hall–Kier alpha value is -2.39. The van der Waals surface area contributed by atoms with Crippen LogP contribution in [0.1, 0.15) is 11.1 Å². The summed E-state index contributed by atoms with van der Waals surface area (Å²) in [7, 11) is 4.22. The van der Waals surface area contributed by atoms with Crippen LogP contribution in [0.5, 0.6) is 0 Å². The molecule has 0 amide bonds. The highest BCUT2D eigenvalue weighted by molar-refractivity contribution is 5.97. The van der Waals surface area contributed by atoms with Crippen molar-refractivity contribution in [3.05, 3.63) is 59.7 Å². The normalized spacial score (nSPS) is 13.0. The van der Waals surface area contributed by atoms with Gasteiger partial charge < -0.3 is 10.2 Å². The van der Waals surface area contributed by atoms with Crippen LogP contribution in [0.4, 0.5) is 5.69 Å². The van der Waals surface area contributed by atoms with Gasteiger partial charge in [0.2, 0.25) is 0 Å². The SMILES string of the molecule is CN(C)CCNc1c2c(nc3ccccc13)-c1ccccc1CC2. The van der Waals surface area contributed by atoms with Crippen LogP contribution in [-0.4, -0.2) is 37.1 Å².